The average molecular weight is 320 g/mol. The minimum absolute atomic E-state index is 0.0535. The minimum atomic E-state index is -3.56. The molecule has 1 aliphatic rings. The Kier molecular flexibility index (Phi) is 4.43. The highest BCUT2D eigenvalue weighted by Gasteiger charge is 2.33. The van der Waals surface area contributed by atoms with E-state index < -0.39 is 9.05 Å². The van der Waals surface area contributed by atoms with Crippen molar-refractivity contribution in [2.24, 2.45) is 5.92 Å². The zero-order valence-corrected chi connectivity index (χ0v) is 12.8. The first kappa shape index (κ1) is 14.7. The van der Waals surface area contributed by atoms with Crippen molar-refractivity contribution in [1.29, 1.82) is 0 Å². The SMILES string of the molecule is CSc1ccc(N2CC(CS(=O)(=O)Cl)CC2=O)cc1. The number of halogens is 1. The van der Waals surface area contributed by atoms with Crippen molar-refractivity contribution in [3.63, 3.8) is 0 Å². The van der Waals surface area contributed by atoms with Crippen LogP contribution >= 0.6 is 22.4 Å². The Bertz CT molecular complexity index is 571. The van der Waals surface area contributed by atoms with Gasteiger partial charge >= 0.3 is 0 Å². The second kappa shape index (κ2) is 5.73. The molecule has 1 fully saturated rings. The number of hydrogen-bond donors (Lipinski definition) is 0. The summed E-state index contributed by atoms with van der Waals surface area (Å²) in [6, 6.07) is 7.64. The van der Waals surface area contributed by atoms with Crippen LogP contribution < -0.4 is 4.90 Å². The highest BCUT2D eigenvalue weighted by Crippen LogP contribution is 2.28. The predicted molar refractivity (Wildman–Crippen MR) is 78.3 cm³/mol. The number of rotatable bonds is 4. The molecule has 1 saturated heterocycles. The van der Waals surface area contributed by atoms with E-state index in [0.717, 1.165) is 10.6 Å². The Morgan fingerprint density at radius 1 is 1.37 bits per heavy atom. The van der Waals surface area contributed by atoms with Crippen LogP contribution in [0.25, 0.3) is 0 Å². The quantitative estimate of drug-likeness (QED) is 0.631. The molecule has 1 aliphatic heterocycles. The summed E-state index contributed by atoms with van der Waals surface area (Å²) in [6.45, 7) is 0.406. The first-order valence-electron chi connectivity index (χ1n) is 5.76. The Labute approximate surface area is 121 Å². The normalized spacial score (nSPS) is 20.0. The molecular formula is C12H14ClNO3S2. The van der Waals surface area contributed by atoms with Gasteiger partial charge in [-0.2, -0.15) is 0 Å². The van der Waals surface area contributed by atoms with E-state index in [2.05, 4.69) is 0 Å². The van der Waals surface area contributed by atoms with E-state index in [0.29, 0.717) is 6.54 Å². The summed E-state index contributed by atoms with van der Waals surface area (Å²) in [4.78, 5) is 14.7. The van der Waals surface area contributed by atoms with Gasteiger partial charge in [0.15, 0.2) is 0 Å². The molecule has 0 saturated carbocycles. The third kappa shape index (κ3) is 3.87. The van der Waals surface area contributed by atoms with Gasteiger partial charge in [-0.15, -0.1) is 11.8 Å². The lowest BCUT2D eigenvalue weighted by Crippen LogP contribution is -2.25. The number of thioether (sulfide) groups is 1. The molecule has 1 unspecified atom stereocenters. The molecule has 0 radical (unpaired) electrons. The second-order valence-corrected chi connectivity index (χ2v) is 8.18. The molecule has 104 valence electrons. The van der Waals surface area contributed by atoms with Crippen LogP contribution in [0.5, 0.6) is 0 Å². The fraction of sp³-hybridized carbons (Fsp3) is 0.417. The van der Waals surface area contributed by atoms with Gasteiger partial charge in [-0.05, 0) is 30.5 Å². The minimum Gasteiger partial charge on any atom is -0.312 e. The van der Waals surface area contributed by atoms with Crippen LogP contribution in [0, 0.1) is 5.92 Å². The van der Waals surface area contributed by atoms with E-state index >= 15 is 0 Å². The number of hydrogen-bond acceptors (Lipinski definition) is 4. The zero-order chi connectivity index (χ0) is 14.0. The lowest BCUT2D eigenvalue weighted by atomic mass is 10.1. The summed E-state index contributed by atoms with van der Waals surface area (Å²) in [5, 5.41) is 0. The average Bonchev–Trinajstić information content (AvgIpc) is 2.68. The van der Waals surface area contributed by atoms with Crippen LogP contribution in [0.4, 0.5) is 5.69 Å². The smallest absolute Gasteiger partial charge is 0.232 e. The Balaban J connectivity index is 2.11. The Morgan fingerprint density at radius 3 is 2.53 bits per heavy atom. The van der Waals surface area contributed by atoms with E-state index in [1.165, 1.54) is 0 Å². The first-order chi connectivity index (χ1) is 8.89. The maximum absolute atomic E-state index is 11.9. The second-order valence-electron chi connectivity index (χ2n) is 4.48. The van der Waals surface area contributed by atoms with E-state index in [1.54, 1.807) is 16.7 Å². The summed E-state index contributed by atoms with van der Waals surface area (Å²) in [5.41, 5.74) is 0.803. The van der Waals surface area contributed by atoms with Gasteiger partial charge in [0, 0.05) is 40.1 Å². The molecule has 19 heavy (non-hydrogen) atoms. The first-order valence-corrected chi connectivity index (χ1v) is 9.46. The molecule has 2 rings (SSSR count). The molecule has 0 aromatic heterocycles. The fourth-order valence-electron chi connectivity index (χ4n) is 2.19. The molecule has 0 N–H and O–H groups in total. The number of carbonyl (C=O) groups excluding carboxylic acids is 1. The Hall–Kier alpha value is -0.720. The monoisotopic (exact) mass is 319 g/mol. The zero-order valence-electron chi connectivity index (χ0n) is 10.4. The van der Waals surface area contributed by atoms with Crippen LogP contribution in [0.1, 0.15) is 6.42 Å². The fourth-order valence-corrected chi connectivity index (χ4v) is 3.92. The van der Waals surface area contributed by atoms with Crippen LogP contribution in [-0.2, 0) is 13.8 Å². The lowest BCUT2D eigenvalue weighted by molar-refractivity contribution is -0.117. The molecule has 1 atom stereocenters. The summed E-state index contributed by atoms with van der Waals surface area (Å²) >= 11 is 1.63. The molecule has 1 aromatic carbocycles. The van der Waals surface area contributed by atoms with E-state index in [9.17, 15) is 13.2 Å². The maximum atomic E-state index is 11.9. The van der Waals surface area contributed by atoms with Gasteiger partial charge in [-0.1, -0.05) is 0 Å². The van der Waals surface area contributed by atoms with Gasteiger partial charge in [0.25, 0.3) is 0 Å². The number of anilines is 1. The van der Waals surface area contributed by atoms with Crippen molar-refractivity contribution in [2.75, 3.05) is 23.5 Å². The number of carbonyl (C=O) groups is 1. The standard InChI is InChI=1S/C12H14ClNO3S2/c1-18-11-4-2-10(3-5-11)14-7-9(6-12(14)15)8-19(13,16)17/h2-5,9H,6-8H2,1H3. The topological polar surface area (TPSA) is 54.5 Å². The van der Waals surface area contributed by atoms with E-state index in [-0.39, 0.29) is 24.0 Å². The molecule has 1 aromatic rings. The Morgan fingerprint density at radius 2 is 2.00 bits per heavy atom. The van der Waals surface area contributed by atoms with Gasteiger partial charge in [0.05, 0.1) is 5.75 Å². The van der Waals surface area contributed by atoms with Crippen LogP contribution in [-0.4, -0.2) is 32.9 Å². The van der Waals surface area contributed by atoms with E-state index in [4.69, 9.17) is 10.7 Å². The van der Waals surface area contributed by atoms with Crippen molar-refractivity contribution < 1.29 is 13.2 Å². The molecule has 0 spiro atoms. The van der Waals surface area contributed by atoms with Crippen molar-refractivity contribution in [2.45, 2.75) is 11.3 Å². The summed E-state index contributed by atoms with van der Waals surface area (Å²) in [5.74, 6) is -0.433. The summed E-state index contributed by atoms with van der Waals surface area (Å²) in [6.07, 6.45) is 2.22. The van der Waals surface area contributed by atoms with Gasteiger partial charge in [-0.3, -0.25) is 4.79 Å². The molecule has 7 heteroatoms. The number of nitrogens with zero attached hydrogens (tertiary/aromatic N) is 1. The lowest BCUT2D eigenvalue weighted by Gasteiger charge is -2.16. The highest BCUT2D eigenvalue weighted by atomic mass is 35.7. The predicted octanol–water partition coefficient (Wildman–Crippen LogP) is 2.33. The molecule has 1 heterocycles. The van der Waals surface area contributed by atoms with Gasteiger partial charge < -0.3 is 4.90 Å². The molecular weight excluding hydrogens is 306 g/mol. The van der Waals surface area contributed by atoms with Crippen LogP contribution in [0.3, 0.4) is 0 Å². The number of benzene rings is 1. The van der Waals surface area contributed by atoms with Gasteiger partial charge in [0.2, 0.25) is 15.0 Å². The molecule has 4 nitrogen and oxygen atoms in total. The number of amides is 1. The van der Waals surface area contributed by atoms with Crippen molar-refractivity contribution in [3.05, 3.63) is 24.3 Å². The summed E-state index contributed by atoms with van der Waals surface area (Å²) in [7, 11) is 1.68. The molecule has 0 aliphatic carbocycles. The van der Waals surface area contributed by atoms with Gasteiger partial charge in [-0.25, -0.2) is 8.42 Å². The van der Waals surface area contributed by atoms with Crippen molar-refractivity contribution in [3.8, 4) is 0 Å². The maximum Gasteiger partial charge on any atom is 0.232 e. The van der Waals surface area contributed by atoms with Gasteiger partial charge in [0.1, 0.15) is 0 Å². The largest absolute Gasteiger partial charge is 0.312 e. The van der Waals surface area contributed by atoms with E-state index in [1.807, 2.05) is 30.5 Å². The van der Waals surface area contributed by atoms with Crippen molar-refractivity contribution in [1.82, 2.24) is 0 Å². The summed E-state index contributed by atoms with van der Waals surface area (Å²) < 4.78 is 22.1. The molecule has 1 amide bonds. The van der Waals surface area contributed by atoms with Crippen molar-refractivity contribution >= 4 is 43.1 Å². The highest BCUT2D eigenvalue weighted by molar-refractivity contribution is 8.13. The third-order valence-electron chi connectivity index (χ3n) is 3.02. The van der Waals surface area contributed by atoms with Crippen LogP contribution in [0.2, 0.25) is 0 Å². The molecule has 0 bridgehead atoms. The third-order valence-corrected chi connectivity index (χ3v) is 5.02. The van der Waals surface area contributed by atoms with Crippen LogP contribution in [0.15, 0.2) is 29.2 Å².